The lowest BCUT2D eigenvalue weighted by Gasteiger charge is -2.10. The summed E-state index contributed by atoms with van der Waals surface area (Å²) in [6.45, 7) is 2.30. The van der Waals surface area contributed by atoms with Crippen molar-refractivity contribution in [2.75, 3.05) is 17.8 Å². The van der Waals surface area contributed by atoms with Crippen molar-refractivity contribution in [3.8, 4) is 23.0 Å². The topological polar surface area (TPSA) is 134 Å². The van der Waals surface area contributed by atoms with Gasteiger partial charge in [-0.15, -0.1) is 10.2 Å². The number of hydrogen-bond donors (Lipinski definition) is 2. The fourth-order valence-corrected chi connectivity index (χ4v) is 3.79. The van der Waals surface area contributed by atoms with Gasteiger partial charge in [0.05, 0.1) is 5.75 Å². The molecule has 32 heavy (non-hydrogen) atoms. The quantitative estimate of drug-likeness (QED) is 0.399. The van der Waals surface area contributed by atoms with Crippen molar-refractivity contribution < 1.29 is 13.9 Å². The highest BCUT2D eigenvalue weighted by Crippen LogP contribution is 2.36. The number of nitrogen functional groups attached to an aromatic ring is 1. The molecule has 3 N–H and O–H groups in total. The Morgan fingerprint density at radius 3 is 2.81 bits per heavy atom. The molecule has 11 heteroatoms. The number of ether oxygens (including phenoxy) is 2. The molecule has 0 radical (unpaired) electrons. The zero-order chi connectivity index (χ0) is 21.9. The number of thioether (sulfide) groups is 1. The largest absolute Gasteiger partial charge is 0.454 e. The maximum Gasteiger partial charge on any atom is 0.277 e. The number of nitrogens with one attached hydrogen (secondary N) is 1. The third-order valence-corrected chi connectivity index (χ3v) is 5.51. The first-order chi connectivity index (χ1) is 15.7. The molecule has 0 saturated carbocycles. The van der Waals surface area contributed by atoms with Gasteiger partial charge < -0.3 is 24.9 Å². The lowest BCUT2D eigenvalue weighted by atomic mass is 10.1. The molecule has 162 valence electrons. The van der Waals surface area contributed by atoms with Crippen LogP contribution in [0.1, 0.15) is 18.3 Å². The minimum absolute atomic E-state index is 0.138. The van der Waals surface area contributed by atoms with Crippen molar-refractivity contribution in [1.82, 2.24) is 25.1 Å². The third-order valence-electron chi connectivity index (χ3n) is 4.69. The second kappa shape index (κ2) is 8.71. The van der Waals surface area contributed by atoms with Crippen LogP contribution in [0.3, 0.4) is 0 Å². The van der Waals surface area contributed by atoms with E-state index in [1.807, 2.05) is 36.4 Å². The molecule has 0 saturated heterocycles. The van der Waals surface area contributed by atoms with E-state index in [1.54, 1.807) is 0 Å². The van der Waals surface area contributed by atoms with E-state index < -0.39 is 0 Å². The molecule has 0 bridgehead atoms. The number of hydrogen-bond acceptors (Lipinski definition) is 11. The fourth-order valence-electron chi connectivity index (χ4n) is 3.17. The monoisotopic (exact) mass is 449 g/mol. The van der Waals surface area contributed by atoms with Gasteiger partial charge in [0.15, 0.2) is 11.5 Å². The Labute approximate surface area is 187 Å². The highest BCUT2D eigenvalue weighted by molar-refractivity contribution is 7.98. The van der Waals surface area contributed by atoms with Crippen LogP contribution in [0.2, 0.25) is 0 Å². The summed E-state index contributed by atoms with van der Waals surface area (Å²) < 4.78 is 16.5. The zero-order valence-electron chi connectivity index (χ0n) is 17.1. The van der Waals surface area contributed by atoms with Gasteiger partial charge in [0.2, 0.25) is 24.6 Å². The van der Waals surface area contributed by atoms with Gasteiger partial charge in [0.25, 0.3) is 5.22 Å². The highest BCUT2D eigenvalue weighted by Gasteiger charge is 2.17. The van der Waals surface area contributed by atoms with Gasteiger partial charge in [0.1, 0.15) is 5.82 Å². The minimum atomic E-state index is 0.138. The summed E-state index contributed by atoms with van der Waals surface area (Å²) in [6.07, 6.45) is 0.884. The first kappa shape index (κ1) is 20.1. The number of nitrogens with two attached hydrogens (primary N) is 1. The summed E-state index contributed by atoms with van der Waals surface area (Å²) in [4.78, 5) is 12.9. The second-order valence-corrected chi connectivity index (χ2v) is 7.73. The van der Waals surface area contributed by atoms with Gasteiger partial charge >= 0.3 is 0 Å². The van der Waals surface area contributed by atoms with Crippen LogP contribution < -0.4 is 20.5 Å². The van der Waals surface area contributed by atoms with Crippen molar-refractivity contribution in [2.45, 2.75) is 24.3 Å². The lowest BCUT2D eigenvalue weighted by Crippen LogP contribution is -2.07. The second-order valence-electron chi connectivity index (χ2n) is 6.80. The van der Waals surface area contributed by atoms with Crippen molar-refractivity contribution in [3.05, 3.63) is 53.9 Å². The fraction of sp³-hybridized carbons (Fsp3) is 0.190. The van der Waals surface area contributed by atoms with Crippen molar-refractivity contribution in [3.63, 3.8) is 0 Å². The van der Waals surface area contributed by atoms with E-state index >= 15 is 0 Å². The first-order valence-corrected chi connectivity index (χ1v) is 10.9. The van der Waals surface area contributed by atoms with Crippen molar-refractivity contribution >= 4 is 29.3 Å². The van der Waals surface area contributed by atoms with Crippen LogP contribution >= 0.6 is 11.8 Å². The number of para-hydroxylation sites is 1. The molecular weight excluding hydrogens is 430 g/mol. The number of anilines is 3. The smallest absolute Gasteiger partial charge is 0.277 e. The number of aromatic nitrogens is 5. The van der Waals surface area contributed by atoms with Crippen molar-refractivity contribution in [1.29, 1.82) is 0 Å². The molecule has 0 aliphatic carbocycles. The Hall–Kier alpha value is -3.86. The Kier molecular flexibility index (Phi) is 5.46. The predicted octanol–water partition coefficient (Wildman–Crippen LogP) is 3.83. The summed E-state index contributed by atoms with van der Waals surface area (Å²) in [5.74, 6) is 3.15. The Balaban J connectivity index is 1.28. The third kappa shape index (κ3) is 4.28. The van der Waals surface area contributed by atoms with Gasteiger partial charge in [0, 0.05) is 11.3 Å². The molecule has 2 aromatic carbocycles. The van der Waals surface area contributed by atoms with Crippen LogP contribution in [-0.4, -0.2) is 31.9 Å². The molecule has 1 aliphatic heterocycles. The minimum Gasteiger partial charge on any atom is -0.454 e. The standard InChI is InChI=1S/C21H19N7O3S/c1-2-12-5-3-4-6-14(12)23-20-25-17(24-19(22)26-20)10-32-21-28-27-18(31-21)13-7-8-15-16(9-13)30-11-29-15/h3-9H,2,10-11H2,1H3,(H3,22,23,24,25,26). The lowest BCUT2D eigenvalue weighted by molar-refractivity contribution is 0.174. The van der Waals surface area contributed by atoms with E-state index in [0.29, 0.717) is 40.1 Å². The number of aryl methyl sites for hydroxylation is 1. The molecular formula is C21H19N7O3S. The summed E-state index contributed by atoms with van der Waals surface area (Å²) in [7, 11) is 0. The number of fused-ring (bicyclic) bond motifs is 1. The van der Waals surface area contributed by atoms with Gasteiger partial charge in [-0.25, -0.2) is 0 Å². The average molecular weight is 449 g/mol. The summed E-state index contributed by atoms with van der Waals surface area (Å²) in [5.41, 5.74) is 8.73. The summed E-state index contributed by atoms with van der Waals surface area (Å²) >= 11 is 1.31. The molecule has 10 nitrogen and oxygen atoms in total. The van der Waals surface area contributed by atoms with E-state index in [0.717, 1.165) is 23.2 Å². The SMILES string of the molecule is CCc1ccccc1Nc1nc(N)nc(CSc2nnc(-c3ccc4c(c3)OCO4)o2)n1. The van der Waals surface area contributed by atoms with Gasteiger partial charge in [-0.05, 0) is 36.2 Å². The number of rotatable bonds is 7. The van der Waals surface area contributed by atoms with Gasteiger partial charge in [-0.2, -0.15) is 15.0 Å². The Morgan fingerprint density at radius 2 is 1.91 bits per heavy atom. The molecule has 3 heterocycles. The Morgan fingerprint density at radius 1 is 1.03 bits per heavy atom. The molecule has 4 aromatic rings. The summed E-state index contributed by atoms with van der Waals surface area (Å²) in [6, 6.07) is 13.4. The predicted molar refractivity (Wildman–Crippen MR) is 119 cm³/mol. The Bertz CT molecular complexity index is 1260. The van der Waals surface area contributed by atoms with Gasteiger partial charge in [-0.1, -0.05) is 36.9 Å². The molecule has 0 spiro atoms. The number of nitrogens with zero attached hydrogens (tertiary/aromatic N) is 5. The van der Waals surface area contributed by atoms with Crippen LogP contribution in [0, 0.1) is 0 Å². The maximum atomic E-state index is 5.89. The van der Waals surface area contributed by atoms with Crippen LogP contribution in [0.25, 0.3) is 11.5 Å². The summed E-state index contributed by atoms with van der Waals surface area (Å²) in [5, 5.41) is 11.8. The van der Waals surface area contributed by atoms with Crippen LogP contribution in [0.4, 0.5) is 17.6 Å². The number of benzene rings is 2. The van der Waals surface area contributed by atoms with E-state index in [4.69, 9.17) is 19.6 Å². The molecule has 2 aromatic heterocycles. The van der Waals surface area contributed by atoms with E-state index in [-0.39, 0.29) is 12.7 Å². The van der Waals surface area contributed by atoms with Crippen LogP contribution in [0.5, 0.6) is 11.5 Å². The first-order valence-electron chi connectivity index (χ1n) is 9.89. The van der Waals surface area contributed by atoms with Crippen LogP contribution in [-0.2, 0) is 12.2 Å². The maximum absolute atomic E-state index is 5.89. The molecule has 1 aliphatic rings. The van der Waals surface area contributed by atoms with E-state index in [9.17, 15) is 0 Å². The van der Waals surface area contributed by atoms with E-state index in [1.165, 1.54) is 11.8 Å². The van der Waals surface area contributed by atoms with E-state index in [2.05, 4.69) is 43.5 Å². The molecule has 0 atom stereocenters. The normalized spacial score (nSPS) is 12.2. The molecule has 0 amide bonds. The average Bonchev–Trinajstić information content (AvgIpc) is 3.47. The zero-order valence-corrected chi connectivity index (χ0v) is 17.9. The van der Waals surface area contributed by atoms with Crippen molar-refractivity contribution in [2.24, 2.45) is 0 Å². The van der Waals surface area contributed by atoms with Gasteiger partial charge in [-0.3, -0.25) is 0 Å². The highest BCUT2D eigenvalue weighted by atomic mass is 32.2. The molecule has 0 unspecified atom stereocenters. The molecule has 0 fully saturated rings. The molecule has 5 rings (SSSR count). The van der Waals surface area contributed by atoms with Crippen LogP contribution in [0.15, 0.2) is 52.1 Å².